The Labute approximate surface area is 212 Å². The maximum absolute atomic E-state index is 12.9. The van der Waals surface area contributed by atoms with Crippen molar-refractivity contribution in [2.45, 2.75) is 59.0 Å². The summed E-state index contributed by atoms with van der Waals surface area (Å²) in [5, 5.41) is 14.3. The number of carbonyl (C=O) groups is 2. The molecule has 1 atom stereocenters. The zero-order valence-corrected chi connectivity index (χ0v) is 21.5. The predicted molar refractivity (Wildman–Crippen MR) is 140 cm³/mol. The number of nitrogens with zero attached hydrogens (tertiary/aromatic N) is 1. The second kappa shape index (κ2) is 10.8. The van der Waals surface area contributed by atoms with Crippen molar-refractivity contribution in [3.8, 4) is 5.95 Å². The van der Waals surface area contributed by atoms with E-state index in [1.807, 2.05) is 12.1 Å². The van der Waals surface area contributed by atoms with Gasteiger partial charge in [0.25, 0.3) is 5.95 Å². The molecular formula is C29H36N2O5. The van der Waals surface area contributed by atoms with E-state index in [1.54, 1.807) is 43.3 Å². The highest BCUT2D eigenvalue weighted by molar-refractivity contribution is 5.95. The Morgan fingerprint density at radius 1 is 1.14 bits per heavy atom. The topological polar surface area (TPSA) is 92.0 Å². The van der Waals surface area contributed by atoms with Gasteiger partial charge in [-0.15, -0.1) is 0 Å². The Morgan fingerprint density at radius 2 is 1.83 bits per heavy atom. The van der Waals surface area contributed by atoms with E-state index in [9.17, 15) is 14.7 Å². The number of esters is 1. The summed E-state index contributed by atoms with van der Waals surface area (Å²) in [7, 11) is 0. The van der Waals surface area contributed by atoms with Gasteiger partial charge in [-0.2, -0.15) is 0 Å². The first-order chi connectivity index (χ1) is 17.1. The number of likely N-dealkylation sites (tertiary alicyclic amines) is 1. The number of hydrogen-bond acceptors (Lipinski definition) is 6. The molecule has 1 aromatic heterocycles. The molecule has 2 aromatic carbocycles. The van der Waals surface area contributed by atoms with Gasteiger partial charge in [0, 0.05) is 29.6 Å². The summed E-state index contributed by atoms with van der Waals surface area (Å²) >= 11 is 0. The average Bonchev–Trinajstić information content (AvgIpc) is 3.20. The summed E-state index contributed by atoms with van der Waals surface area (Å²) in [6.07, 6.45) is 0.743. The quantitative estimate of drug-likeness (QED) is 0.415. The van der Waals surface area contributed by atoms with Crippen LogP contribution in [0.25, 0.3) is 11.0 Å². The lowest BCUT2D eigenvalue weighted by atomic mass is 9.87. The van der Waals surface area contributed by atoms with Crippen LogP contribution in [0.4, 0.5) is 5.69 Å². The Hall–Kier alpha value is -3.16. The van der Waals surface area contributed by atoms with Gasteiger partial charge in [-0.25, -0.2) is 4.79 Å². The Balaban J connectivity index is 1.64. The number of anilines is 1. The van der Waals surface area contributed by atoms with Crippen LogP contribution in [0.1, 0.15) is 70.1 Å². The standard InChI is InChI=1S/C29H36N2O5/c1-5-24(32)30-21-11-12-23-22(17-21)25(19-13-15-31(16-14-19)18-29(2,3)4)28(35-23)36-27(34)26(33)20-9-7-6-8-10-20/h6-12,17,19,26,33H,5,13-16,18H2,1-4H3,(H,30,32). The van der Waals surface area contributed by atoms with Crippen LogP contribution in [0.3, 0.4) is 0 Å². The molecule has 0 bridgehead atoms. The molecule has 0 saturated carbocycles. The van der Waals surface area contributed by atoms with Crippen molar-refractivity contribution in [2.24, 2.45) is 5.41 Å². The third-order valence-corrected chi connectivity index (χ3v) is 6.52. The van der Waals surface area contributed by atoms with E-state index in [4.69, 9.17) is 9.15 Å². The van der Waals surface area contributed by atoms with Crippen LogP contribution in [0.5, 0.6) is 5.95 Å². The average molecular weight is 493 g/mol. The Kier molecular flexibility index (Phi) is 7.81. The number of aliphatic hydroxyl groups is 1. The van der Waals surface area contributed by atoms with Crippen molar-refractivity contribution in [3.63, 3.8) is 0 Å². The Bertz CT molecular complexity index is 1200. The molecular weight excluding hydrogens is 456 g/mol. The molecule has 0 radical (unpaired) electrons. The second-order valence-corrected chi connectivity index (χ2v) is 10.8. The molecule has 1 saturated heterocycles. The van der Waals surface area contributed by atoms with Gasteiger partial charge in [0.05, 0.1) is 0 Å². The lowest BCUT2D eigenvalue weighted by Gasteiger charge is -2.35. The van der Waals surface area contributed by atoms with Gasteiger partial charge in [0.2, 0.25) is 5.91 Å². The van der Waals surface area contributed by atoms with Crippen molar-refractivity contribution in [1.29, 1.82) is 0 Å². The number of furan rings is 1. The van der Waals surface area contributed by atoms with Gasteiger partial charge in [0.1, 0.15) is 5.58 Å². The van der Waals surface area contributed by atoms with Gasteiger partial charge in [-0.05, 0) is 61.0 Å². The summed E-state index contributed by atoms with van der Waals surface area (Å²) in [4.78, 5) is 27.3. The normalized spacial score (nSPS) is 16.1. The van der Waals surface area contributed by atoms with E-state index in [1.165, 1.54) is 0 Å². The van der Waals surface area contributed by atoms with Gasteiger partial charge in [-0.3, -0.25) is 4.79 Å². The Morgan fingerprint density at radius 3 is 2.47 bits per heavy atom. The van der Waals surface area contributed by atoms with E-state index in [0.29, 0.717) is 23.3 Å². The highest BCUT2D eigenvalue weighted by Gasteiger charge is 2.31. The third kappa shape index (κ3) is 6.15. The number of piperidine rings is 1. The predicted octanol–water partition coefficient (Wildman–Crippen LogP) is 5.65. The van der Waals surface area contributed by atoms with Crippen LogP contribution in [0.15, 0.2) is 52.9 Å². The number of hydrogen-bond donors (Lipinski definition) is 2. The number of rotatable bonds is 7. The minimum Gasteiger partial charge on any atom is -0.425 e. The summed E-state index contributed by atoms with van der Waals surface area (Å²) in [6, 6.07) is 14.1. The molecule has 7 nitrogen and oxygen atoms in total. The van der Waals surface area contributed by atoms with E-state index in [0.717, 1.165) is 43.4 Å². The minimum absolute atomic E-state index is 0.0764. The van der Waals surface area contributed by atoms with Crippen LogP contribution in [-0.2, 0) is 9.59 Å². The highest BCUT2D eigenvalue weighted by atomic mass is 16.6. The molecule has 1 unspecified atom stereocenters. The van der Waals surface area contributed by atoms with E-state index in [-0.39, 0.29) is 23.2 Å². The number of carbonyl (C=O) groups excluding carboxylic acids is 2. The lowest BCUT2D eigenvalue weighted by molar-refractivity contribution is -0.145. The molecule has 1 fully saturated rings. The van der Waals surface area contributed by atoms with Crippen LogP contribution >= 0.6 is 0 Å². The summed E-state index contributed by atoms with van der Waals surface area (Å²) in [6.45, 7) is 11.4. The van der Waals surface area contributed by atoms with Crippen LogP contribution in [0, 0.1) is 5.41 Å². The first-order valence-corrected chi connectivity index (χ1v) is 12.7. The molecule has 3 aromatic rings. The molecule has 7 heteroatoms. The maximum Gasteiger partial charge on any atom is 0.347 e. The maximum atomic E-state index is 12.9. The molecule has 2 heterocycles. The molecule has 0 aliphatic carbocycles. The molecule has 2 N–H and O–H groups in total. The molecule has 1 amide bonds. The zero-order valence-electron chi connectivity index (χ0n) is 21.5. The smallest absolute Gasteiger partial charge is 0.347 e. The van der Waals surface area contributed by atoms with Crippen molar-refractivity contribution < 1.29 is 23.8 Å². The fourth-order valence-corrected chi connectivity index (χ4v) is 4.85. The van der Waals surface area contributed by atoms with E-state index >= 15 is 0 Å². The lowest BCUT2D eigenvalue weighted by Crippen LogP contribution is -2.38. The molecule has 1 aliphatic heterocycles. The highest BCUT2D eigenvalue weighted by Crippen LogP contribution is 2.43. The van der Waals surface area contributed by atoms with Crippen molar-refractivity contribution >= 4 is 28.5 Å². The van der Waals surface area contributed by atoms with Gasteiger partial charge in [0.15, 0.2) is 6.10 Å². The van der Waals surface area contributed by atoms with E-state index < -0.39 is 12.1 Å². The number of amides is 1. The van der Waals surface area contributed by atoms with Gasteiger partial charge < -0.3 is 24.5 Å². The molecule has 36 heavy (non-hydrogen) atoms. The minimum atomic E-state index is -1.42. The molecule has 0 spiro atoms. The van der Waals surface area contributed by atoms with Crippen LogP contribution in [-0.4, -0.2) is 41.5 Å². The third-order valence-electron chi connectivity index (χ3n) is 6.52. The number of fused-ring (bicyclic) bond motifs is 1. The van der Waals surface area contributed by atoms with Gasteiger partial charge in [-0.1, -0.05) is 58.0 Å². The van der Waals surface area contributed by atoms with Crippen molar-refractivity contribution in [3.05, 3.63) is 59.7 Å². The van der Waals surface area contributed by atoms with Gasteiger partial charge >= 0.3 is 5.97 Å². The molecule has 1 aliphatic rings. The van der Waals surface area contributed by atoms with Crippen LogP contribution < -0.4 is 10.1 Å². The second-order valence-electron chi connectivity index (χ2n) is 10.8. The zero-order chi connectivity index (χ0) is 25.9. The number of aliphatic hydroxyl groups excluding tert-OH is 1. The molecule has 192 valence electrons. The van der Waals surface area contributed by atoms with E-state index in [2.05, 4.69) is 31.0 Å². The first kappa shape index (κ1) is 25.9. The largest absolute Gasteiger partial charge is 0.425 e. The summed E-state index contributed by atoms with van der Waals surface area (Å²) < 4.78 is 11.7. The fraction of sp³-hybridized carbons (Fsp3) is 0.448. The number of nitrogens with one attached hydrogen (secondary N) is 1. The van der Waals surface area contributed by atoms with Crippen molar-refractivity contribution in [1.82, 2.24) is 4.90 Å². The fourth-order valence-electron chi connectivity index (χ4n) is 4.85. The summed E-state index contributed by atoms with van der Waals surface area (Å²) in [5.41, 5.74) is 2.75. The number of benzene rings is 2. The SMILES string of the molecule is CCC(=O)Nc1ccc2oc(OC(=O)C(O)c3ccccc3)c(C3CCN(CC(C)(C)C)CC3)c2c1. The first-order valence-electron chi connectivity index (χ1n) is 12.7. The number of ether oxygens (including phenoxy) is 1. The molecule has 4 rings (SSSR count). The van der Waals surface area contributed by atoms with Crippen LogP contribution in [0.2, 0.25) is 0 Å². The monoisotopic (exact) mass is 492 g/mol. The van der Waals surface area contributed by atoms with Crippen molar-refractivity contribution in [2.75, 3.05) is 25.0 Å². The summed E-state index contributed by atoms with van der Waals surface area (Å²) in [5.74, 6) is -0.617.